The van der Waals surface area contributed by atoms with Gasteiger partial charge in [0.05, 0.1) is 0 Å². The molecule has 2 unspecified atom stereocenters. The van der Waals surface area contributed by atoms with Crippen LogP contribution in [0.4, 0.5) is 5.13 Å². The molecule has 1 aromatic heterocycles. The summed E-state index contributed by atoms with van der Waals surface area (Å²) in [6, 6.07) is -0.805. The number of carbonyl (C=O) groups excluding carboxylic acids is 4. The summed E-state index contributed by atoms with van der Waals surface area (Å²) in [5, 5.41) is 7.85. The van der Waals surface area contributed by atoms with E-state index in [2.05, 4.69) is 15.5 Å². The molecule has 184 valence electrons. The van der Waals surface area contributed by atoms with Crippen molar-refractivity contribution in [1.82, 2.24) is 15.2 Å². The highest BCUT2D eigenvalue weighted by atomic mass is 32.2. The van der Waals surface area contributed by atoms with Gasteiger partial charge < -0.3 is 30.3 Å². The molecule has 2 aliphatic rings. The Hall–Kier alpha value is -3.13. The lowest BCUT2D eigenvalue weighted by Crippen LogP contribution is -2.74. The molecular weight excluding hydrogens is 486 g/mol. The van der Waals surface area contributed by atoms with Gasteiger partial charge in [-0.05, 0) is 6.42 Å². The van der Waals surface area contributed by atoms with Crippen LogP contribution in [0.5, 0.6) is 0 Å². The molecule has 2 fully saturated rings. The van der Waals surface area contributed by atoms with E-state index in [0.717, 1.165) is 11.3 Å². The lowest BCUT2D eigenvalue weighted by atomic mass is 9.86. The Morgan fingerprint density at radius 2 is 2.18 bits per heavy atom. The predicted octanol–water partition coefficient (Wildman–Crippen LogP) is 0.492. The van der Waals surface area contributed by atoms with Crippen LogP contribution in [0.1, 0.15) is 26.0 Å². The van der Waals surface area contributed by atoms with Gasteiger partial charge in [-0.3, -0.25) is 19.2 Å². The van der Waals surface area contributed by atoms with E-state index in [9.17, 15) is 19.2 Å². The summed E-state index contributed by atoms with van der Waals surface area (Å²) in [4.78, 5) is 59.8. The van der Waals surface area contributed by atoms with Crippen LogP contribution in [0.15, 0.2) is 22.7 Å². The lowest BCUT2D eigenvalue weighted by Gasteiger charge is -2.53. The van der Waals surface area contributed by atoms with Gasteiger partial charge in [0.2, 0.25) is 12.7 Å². The van der Waals surface area contributed by atoms with E-state index in [1.54, 1.807) is 11.5 Å². The highest BCUT2D eigenvalue weighted by molar-refractivity contribution is 8.00. The van der Waals surface area contributed by atoms with Crippen LogP contribution in [0.2, 0.25) is 0 Å². The first-order valence-electron chi connectivity index (χ1n) is 10.3. The minimum atomic E-state index is -1.09. The number of hydrogen-bond donors (Lipinski definition) is 2. The van der Waals surface area contributed by atoms with E-state index >= 15 is 0 Å². The van der Waals surface area contributed by atoms with Crippen molar-refractivity contribution >= 4 is 57.7 Å². The van der Waals surface area contributed by atoms with Crippen LogP contribution >= 0.6 is 23.1 Å². The fourth-order valence-corrected chi connectivity index (χ4v) is 5.50. The number of nitrogens with two attached hydrogens (primary N) is 1. The second-order valence-electron chi connectivity index (χ2n) is 7.46. The Labute approximate surface area is 203 Å². The van der Waals surface area contributed by atoms with E-state index in [4.69, 9.17) is 20.0 Å². The molecule has 0 spiro atoms. The third-order valence-electron chi connectivity index (χ3n) is 5.09. The van der Waals surface area contributed by atoms with Crippen molar-refractivity contribution in [3.05, 3.63) is 23.2 Å². The zero-order valence-corrected chi connectivity index (χ0v) is 20.4. The largest absolute Gasteiger partial charge is 0.428 e. The number of esters is 2. The van der Waals surface area contributed by atoms with E-state index in [1.165, 1.54) is 30.7 Å². The highest BCUT2D eigenvalue weighted by Gasteiger charge is 2.57. The van der Waals surface area contributed by atoms with E-state index in [0.29, 0.717) is 12.2 Å². The van der Waals surface area contributed by atoms with Gasteiger partial charge >= 0.3 is 11.9 Å². The molecule has 3 N–H and O–H groups in total. The summed E-state index contributed by atoms with van der Waals surface area (Å²) in [5.41, 5.74) is 4.68. The predicted molar refractivity (Wildman–Crippen MR) is 125 cm³/mol. The van der Waals surface area contributed by atoms with Crippen LogP contribution in [-0.4, -0.2) is 77.0 Å². The van der Waals surface area contributed by atoms with Gasteiger partial charge in [-0.1, -0.05) is 24.2 Å². The normalized spacial score (nSPS) is 24.3. The van der Waals surface area contributed by atoms with Crippen LogP contribution in [0.25, 0.3) is 0 Å². The number of anilines is 1. The number of rotatable bonds is 9. The summed E-state index contributed by atoms with van der Waals surface area (Å²) in [6.07, 6.45) is 4.23. The summed E-state index contributed by atoms with van der Waals surface area (Å²) in [6.45, 7) is 2.70. The van der Waals surface area contributed by atoms with Gasteiger partial charge in [0, 0.05) is 24.6 Å². The van der Waals surface area contributed by atoms with Crippen LogP contribution in [-0.2, 0) is 33.5 Å². The number of allylic oxidation sites excluding steroid dienone is 1. The van der Waals surface area contributed by atoms with Crippen LogP contribution in [0, 0.1) is 5.41 Å². The third-order valence-corrected chi connectivity index (χ3v) is 7.31. The molecule has 0 saturated carbocycles. The summed E-state index contributed by atoms with van der Waals surface area (Å²) in [7, 11) is 1.29. The number of amides is 2. The number of nitrogens with zero attached hydrogens (tertiary/aromatic N) is 3. The van der Waals surface area contributed by atoms with Crippen molar-refractivity contribution in [2.75, 3.05) is 31.9 Å². The number of carbonyl (C=O) groups is 4. The Morgan fingerprint density at radius 1 is 1.41 bits per heavy atom. The molecule has 2 saturated heterocycles. The highest BCUT2D eigenvalue weighted by Crippen LogP contribution is 2.43. The molecule has 0 radical (unpaired) electrons. The van der Waals surface area contributed by atoms with Gasteiger partial charge in [-0.2, -0.15) is 0 Å². The number of aromatic nitrogens is 1. The number of thiazole rings is 1. The summed E-state index contributed by atoms with van der Waals surface area (Å²) < 4.78 is 9.84. The lowest BCUT2D eigenvalue weighted by molar-refractivity contribution is -0.173. The van der Waals surface area contributed by atoms with Crippen molar-refractivity contribution in [3.63, 3.8) is 0 Å². The van der Waals surface area contributed by atoms with Crippen molar-refractivity contribution in [2.45, 2.75) is 31.7 Å². The molecule has 2 amide bonds. The number of hydrogen-bond acceptors (Lipinski definition) is 12. The van der Waals surface area contributed by atoms with Crippen molar-refractivity contribution in [3.8, 4) is 0 Å². The van der Waals surface area contributed by atoms with E-state index < -0.39 is 36.1 Å². The molecular formula is C20H25N5O7S2. The molecule has 0 aliphatic carbocycles. The molecule has 3 atom stereocenters. The SMILES string of the molecule is CCC=CC1(C(=O)OCOC(C)=O)CS[C@@H]2C(NC(=O)C(=NOC)c3csc(N)n3)C(=O)N2C1. The van der Waals surface area contributed by atoms with Gasteiger partial charge in [0.1, 0.15) is 29.6 Å². The maximum Gasteiger partial charge on any atom is 0.321 e. The van der Waals surface area contributed by atoms with Gasteiger partial charge in [0.15, 0.2) is 10.8 Å². The Bertz CT molecular complexity index is 1030. The number of thioether (sulfide) groups is 1. The van der Waals surface area contributed by atoms with Crippen molar-refractivity contribution in [2.24, 2.45) is 10.6 Å². The van der Waals surface area contributed by atoms with Crippen molar-refractivity contribution in [1.29, 1.82) is 0 Å². The number of fused-ring (bicyclic) bond motifs is 1. The molecule has 1 aromatic rings. The average Bonchev–Trinajstić information content (AvgIpc) is 3.24. The average molecular weight is 512 g/mol. The summed E-state index contributed by atoms with van der Waals surface area (Å²) >= 11 is 2.49. The van der Waals surface area contributed by atoms with E-state index in [-0.39, 0.29) is 34.4 Å². The molecule has 3 rings (SSSR count). The zero-order chi connectivity index (χ0) is 24.9. The van der Waals surface area contributed by atoms with E-state index in [1.807, 2.05) is 13.0 Å². The molecule has 14 heteroatoms. The Morgan fingerprint density at radius 3 is 2.79 bits per heavy atom. The van der Waals surface area contributed by atoms with Gasteiger partial charge in [-0.25, -0.2) is 4.98 Å². The topological polar surface area (TPSA) is 163 Å². The first-order chi connectivity index (χ1) is 16.2. The maximum atomic E-state index is 12.9. The van der Waals surface area contributed by atoms with Gasteiger partial charge in [0.25, 0.3) is 5.91 Å². The zero-order valence-electron chi connectivity index (χ0n) is 18.8. The first kappa shape index (κ1) is 25.5. The second kappa shape index (κ2) is 10.9. The molecule has 2 aliphatic heterocycles. The van der Waals surface area contributed by atoms with Crippen LogP contribution in [0.3, 0.4) is 0 Å². The monoisotopic (exact) mass is 511 g/mol. The number of β-lactam (4-membered cyclic amide) rings is 1. The number of nitrogen functional groups attached to an aromatic ring is 1. The standard InChI is InChI=1S/C20H25N5O7S2/c1-4-5-6-20(18(29)32-10-31-11(2)26)8-25-16(28)14(17(25)34-9-20)23-15(27)13(24-30-3)12-7-33-19(21)22-12/h5-7,14,17H,4,8-10H2,1-3H3,(H2,21,22)(H,23,27)/t14?,17-,20?/m1/s1. The fourth-order valence-electron chi connectivity index (χ4n) is 3.44. The minimum absolute atomic E-state index is 0.0763. The number of oxime groups is 1. The quantitative estimate of drug-likeness (QED) is 0.119. The molecule has 12 nitrogen and oxygen atoms in total. The minimum Gasteiger partial charge on any atom is -0.428 e. The third kappa shape index (κ3) is 5.33. The smallest absolute Gasteiger partial charge is 0.321 e. The molecule has 0 aromatic carbocycles. The first-order valence-corrected chi connectivity index (χ1v) is 12.2. The molecule has 34 heavy (non-hydrogen) atoms. The summed E-state index contributed by atoms with van der Waals surface area (Å²) in [5.74, 6) is -1.83. The van der Waals surface area contributed by atoms with Crippen LogP contribution < -0.4 is 11.1 Å². The maximum absolute atomic E-state index is 12.9. The van der Waals surface area contributed by atoms with Gasteiger partial charge in [-0.15, -0.1) is 23.1 Å². The fraction of sp³-hybridized carbons (Fsp3) is 0.500. The number of nitrogens with one attached hydrogen (secondary N) is 1. The molecule has 0 bridgehead atoms. The van der Waals surface area contributed by atoms with Crippen molar-refractivity contribution < 1.29 is 33.5 Å². The Balaban J connectivity index is 1.69. The molecule has 3 heterocycles. The Kier molecular flexibility index (Phi) is 8.15. The number of ether oxygens (including phenoxy) is 2. The second-order valence-corrected chi connectivity index (χ2v) is 9.46.